The van der Waals surface area contributed by atoms with Crippen LogP contribution in [-0.2, 0) is 0 Å². The zero-order chi connectivity index (χ0) is 8.78. The third-order valence-electron chi connectivity index (χ3n) is 4.80. The molecule has 2 aliphatic carbocycles. The lowest BCUT2D eigenvalue weighted by atomic mass is 9.53. The summed E-state index contributed by atoms with van der Waals surface area (Å²) in [6.45, 7) is 2.58. The first-order chi connectivity index (χ1) is 6.37. The van der Waals surface area contributed by atoms with Crippen molar-refractivity contribution in [1.82, 2.24) is 5.32 Å². The fourth-order valence-electron chi connectivity index (χ4n) is 3.95. The molecule has 1 heterocycles. The molecule has 2 atom stereocenters. The van der Waals surface area contributed by atoms with Gasteiger partial charge in [-0.25, -0.2) is 0 Å². The second-order valence-corrected chi connectivity index (χ2v) is 5.25. The number of hydrogen-bond donors (Lipinski definition) is 1. The Morgan fingerprint density at radius 3 is 1.86 bits per heavy atom. The third kappa shape index (κ3) is 1.18. The van der Waals surface area contributed by atoms with Crippen LogP contribution < -0.4 is 5.32 Å². The SMILES string of the molecule is C1=CCC23CCCCC2(C1)CNC3.Cl. The molecule has 1 saturated heterocycles. The van der Waals surface area contributed by atoms with Gasteiger partial charge in [-0.2, -0.15) is 0 Å². The van der Waals surface area contributed by atoms with E-state index >= 15 is 0 Å². The Morgan fingerprint density at radius 2 is 1.36 bits per heavy atom. The molecule has 1 aliphatic heterocycles. The van der Waals surface area contributed by atoms with Crippen LogP contribution in [0.3, 0.4) is 0 Å². The van der Waals surface area contributed by atoms with Crippen LogP contribution >= 0.6 is 12.4 Å². The minimum Gasteiger partial charge on any atom is -0.316 e. The average molecular weight is 214 g/mol. The maximum Gasteiger partial charge on any atom is 0.00169 e. The van der Waals surface area contributed by atoms with Crippen LogP contribution in [0.15, 0.2) is 12.2 Å². The van der Waals surface area contributed by atoms with E-state index in [1.54, 1.807) is 0 Å². The standard InChI is InChI=1S/C12H19N.ClH/c1-2-6-12-8-4-3-7-11(12,5-1)9-13-10-12;/h1-2,13H,3-10H2;1H. The molecule has 1 N–H and O–H groups in total. The van der Waals surface area contributed by atoms with E-state index in [1.807, 2.05) is 0 Å². The van der Waals surface area contributed by atoms with Crippen molar-refractivity contribution in [3.63, 3.8) is 0 Å². The van der Waals surface area contributed by atoms with Gasteiger partial charge in [-0.1, -0.05) is 25.0 Å². The Kier molecular flexibility index (Phi) is 2.65. The predicted molar refractivity (Wildman–Crippen MR) is 61.8 cm³/mol. The molecule has 0 aromatic heterocycles. The van der Waals surface area contributed by atoms with Crippen LogP contribution in [0.1, 0.15) is 38.5 Å². The van der Waals surface area contributed by atoms with E-state index in [1.165, 1.54) is 51.6 Å². The highest BCUT2D eigenvalue weighted by molar-refractivity contribution is 5.85. The maximum atomic E-state index is 3.65. The molecule has 2 unspecified atom stereocenters. The molecule has 2 fully saturated rings. The Balaban J connectivity index is 0.000000750. The lowest BCUT2D eigenvalue weighted by Gasteiger charge is -2.50. The zero-order valence-electron chi connectivity index (χ0n) is 8.72. The molecule has 0 aromatic rings. The van der Waals surface area contributed by atoms with Gasteiger partial charge in [0.05, 0.1) is 0 Å². The molecule has 0 radical (unpaired) electrons. The van der Waals surface area contributed by atoms with E-state index in [4.69, 9.17) is 0 Å². The Bertz CT molecular complexity index is 227. The summed E-state index contributed by atoms with van der Waals surface area (Å²) in [5.41, 5.74) is 1.33. The van der Waals surface area contributed by atoms with Crippen molar-refractivity contribution in [3.05, 3.63) is 12.2 Å². The number of allylic oxidation sites excluding steroid dienone is 2. The molecular formula is C12H20ClN. The number of hydrogen-bond acceptors (Lipinski definition) is 1. The summed E-state index contributed by atoms with van der Waals surface area (Å²) in [6.07, 6.45) is 13.4. The van der Waals surface area contributed by atoms with Crippen molar-refractivity contribution in [3.8, 4) is 0 Å². The third-order valence-corrected chi connectivity index (χ3v) is 4.80. The molecule has 0 amide bonds. The molecule has 0 bridgehead atoms. The van der Waals surface area contributed by atoms with Crippen molar-refractivity contribution in [2.24, 2.45) is 10.8 Å². The minimum atomic E-state index is 0. The van der Waals surface area contributed by atoms with Crippen molar-refractivity contribution in [2.45, 2.75) is 38.5 Å². The van der Waals surface area contributed by atoms with Gasteiger partial charge < -0.3 is 5.32 Å². The number of halogens is 1. The Labute approximate surface area is 92.7 Å². The highest BCUT2D eigenvalue weighted by atomic mass is 35.5. The smallest absolute Gasteiger partial charge is 0.00169 e. The normalized spacial score (nSPS) is 45.1. The van der Waals surface area contributed by atoms with E-state index in [0.717, 1.165) is 0 Å². The Hall–Kier alpha value is -0.0100. The van der Waals surface area contributed by atoms with Gasteiger partial charge in [-0.15, -0.1) is 12.4 Å². The van der Waals surface area contributed by atoms with E-state index < -0.39 is 0 Å². The van der Waals surface area contributed by atoms with Crippen molar-refractivity contribution in [1.29, 1.82) is 0 Å². The van der Waals surface area contributed by atoms with Crippen molar-refractivity contribution < 1.29 is 0 Å². The lowest BCUT2D eigenvalue weighted by molar-refractivity contribution is 0.0342. The van der Waals surface area contributed by atoms with Crippen LogP contribution in [0.25, 0.3) is 0 Å². The van der Waals surface area contributed by atoms with Crippen LogP contribution in [0, 0.1) is 10.8 Å². The summed E-state index contributed by atoms with van der Waals surface area (Å²) in [4.78, 5) is 0. The molecule has 1 nitrogen and oxygen atoms in total. The van der Waals surface area contributed by atoms with Crippen molar-refractivity contribution in [2.75, 3.05) is 13.1 Å². The van der Waals surface area contributed by atoms with Gasteiger partial charge in [-0.3, -0.25) is 0 Å². The molecule has 0 aromatic carbocycles. The monoisotopic (exact) mass is 213 g/mol. The van der Waals surface area contributed by atoms with Gasteiger partial charge in [0.2, 0.25) is 0 Å². The Morgan fingerprint density at radius 1 is 0.857 bits per heavy atom. The van der Waals surface area contributed by atoms with E-state index in [0.29, 0.717) is 10.8 Å². The van der Waals surface area contributed by atoms with Crippen LogP contribution in [0.2, 0.25) is 0 Å². The first-order valence-corrected chi connectivity index (χ1v) is 5.73. The molecule has 2 heteroatoms. The summed E-state index contributed by atoms with van der Waals surface area (Å²) >= 11 is 0. The second kappa shape index (κ2) is 3.53. The molecular weight excluding hydrogens is 194 g/mol. The second-order valence-electron chi connectivity index (χ2n) is 5.25. The van der Waals surface area contributed by atoms with Gasteiger partial charge in [0.15, 0.2) is 0 Å². The number of nitrogens with one attached hydrogen (secondary N) is 1. The van der Waals surface area contributed by atoms with Gasteiger partial charge in [0.25, 0.3) is 0 Å². The van der Waals surface area contributed by atoms with Gasteiger partial charge in [-0.05, 0) is 36.5 Å². The molecule has 0 spiro atoms. The van der Waals surface area contributed by atoms with E-state index in [-0.39, 0.29) is 12.4 Å². The molecule has 80 valence electrons. The minimum absolute atomic E-state index is 0. The summed E-state index contributed by atoms with van der Waals surface area (Å²) in [7, 11) is 0. The number of rotatable bonds is 0. The highest BCUT2D eigenvalue weighted by Crippen LogP contribution is 2.58. The molecule has 1 saturated carbocycles. The quantitative estimate of drug-likeness (QED) is 0.611. The predicted octanol–water partition coefficient (Wildman–Crippen LogP) is 2.91. The summed E-state index contributed by atoms with van der Waals surface area (Å²) in [6, 6.07) is 0. The van der Waals surface area contributed by atoms with Gasteiger partial charge in [0.1, 0.15) is 0 Å². The highest BCUT2D eigenvalue weighted by Gasteiger charge is 2.55. The van der Waals surface area contributed by atoms with Crippen LogP contribution in [-0.4, -0.2) is 13.1 Å². The van der Waals surface area contributed by atoms with Crippen LogP contribution in [0.5, 0.6) is 0 Å². The molecule has 3 aliphatic rings. The largest absolute Gasteiger partial charge is 0.316 e. The van der Waals surface area contributed by atoms with E-state index in [2.05, 4.69) is 17.5 Å². The van der Waals surface area contributed by atoms with E-state index in [9.17, 15) is 0 Å². The summed E-state index contributed by atoms with van der Waals surface area (Å²) in [5.74, 6) is 0. The average Bonchev–Trinajstić information content (AvgIpc) is 2.56. The lowest BCUT2D eigenvalue weighted by Crippen LogP contribution is -2.44. The first-order valence-electron chi connectivity index (χ1n) is 5.73. The first kappa shape index (κ1) is 10.5. The molecule has 14 heavy (non-hydrogen) atoms. The van der Waals surface area contributed by atoms with Gasteiger partial charge >= 0.3 is 0 Å². The fourth-order valence-corrected chi connectivity index (χ4v) is 3.95. The molecule has 3 rings (SSSR count). The zero-order valence-corrected chi connectivity index (χ0v) is 9.54. The van der Waals surface area contributed by atoms with Crippen LogP contribution in [0.4, 0.5) is 0 Å². The fraction of sp³-hybridized carbons (Fsp3) is 0.833. The van der Waals surface area contributed by atoms with Crippen molar-refractivity contribution >= 4 is 12.4 Å². The van der Waals surface area contributed by atoms with Gasteiger partial charge in [0, 0.05) is 13.1 Å². The summed E-state index contributed by atoms with van der Waals surface area (Å²) < 4.78 is 0. The summed E-state index contributed by atoms with van der Waals surface area (Å²) in [5, 5.41) is 3.65. The topological polar surface area (TPSA) is 12.0 Å². The maximum absolute atomic E-state index is 3.65.